The maximum absolute atomic E-state index is 11.8. The predicted molar refractivity (Wildman–Crippen MR) is 62.9 cm³/mol. The minimum atomic E-state index is -0.0822. The van der Waals surface area contributed by atoms with Crippen molar-refractivity contribution in [1.82, 2.24) is 5.32 Å². The van der Waals surface area contributed by atoms with E-state index in [-0.39, 0.29) is 5.91 Å². The van der Waals surface area contributed by atoms with Gasteiger partial charge in [0.15, 0.2) is 5.84 Å². The molecule has 1 amide bonds. The SMILES string of the molecule is C[N+]1(C)CCC(NC(=O)c2ccccc2)=N1. The zero-order chi connectivity index (χ0) is 11.6. The van der Waals surface area contributed by atoms with Crippen LogP contribution in [0.15, 0.2) is 35.4 Å². The molecule has 0 saturated carbocycles. The van der Waals surface area contributed by atoms with Crippen molar-refractivity contribution in [2.24, 2.45) is 5.10 Å². The summed E-state index contributed by atoms with van der Waals surface area (Å²) in [4.78, 5) is 11.8. The first kappa shape index (κ1) is 10.8. The Kier molecular flexibility index (Phi) is 2.75. The standard InChI is InChI=1S/C12H15N3O/c1-15(2)9-8-11(14-15)13-12(16)10-6-4-3-5-7-10/h3-7H,8-9H2,1-2H3/p+1. The lowest BCUT2D eigenvalue weighted by molar-refractivity contribution is -0.891. The van der Waals surface area contributed by atoms with Crippen LogP contribution in [0.2, 0.25) is 0 Å². The van der Waals surface area contributed by atoms with Gasteiger partial charge in [0.1, 0.15) is 6.54 Å². The maximum atomic E-state index is 11.8. The van der Waals surface area contributed by atoms with Crippen LogP contribution >= 0.6 is 0 Å². The quantitative estimate of drug-likeness (QED) is 0.707. The lowest BCUT2D eigenvalue weighted by atomic mass is 10.2. The fourth-order valence-electron chi connectivity index (χ4n) is 1.69. The number of hydrogen-bond donors (Lipinski definition) is 1. The Bertz CT molecular complexity index is 423. The van der Waals surface area contributed by atoms with E-state index in [2.05, 4.69) is 10.4 Å². The molecule has 4 heteroatoms. The van der Waals surface area contributed by atoms with Gasteiger partial charge in [0.05, 0.1) is 20.5 Å². The van der Waals surface area contributed by atoms with Gasteiger partial charge < -0.3 is 5.32 Å². The topological polar surface area (TPSA) is 41.5 Å². The molecule has 0 aromatic heterocycles. The second kappa shape index (κ2) is 4.06. The van der Waals surface area contributed by atoms with Crippen LogP contribution in [0.4, 0.5) is 0 Å². The highest BCUT2D eigenvalue weighted by Crippen LogP contribution is 2.10. The van der Waals surface area contributed by atoms with E-state index in [1.807, 2.05) is 32.3 Å². The summed E-state index contributed by atoms with van der Waals surface area (Å²) in [5, 5.41) is 7.25. The van der Waals surface area contributed by atoms with E-state index in [1.165, 1.54) is 0 Å². The normalized spacial score (nSPS) is 18.0. The third-order valence-electron chi connectivity index (χ3n) is 2.58. The van der Waals surface area contributed by atoms with Crippen molar-refractivity contribution in [3.05, 3.63) is 35.9 Å². The van der Waals surface area contributed by atoms with Gasteiger partial charge in [-0.1, -0.05) is 23.3 Å². The number of amides is 1. The Labute approximate surface area is 95.2 Å². The van der Waals surface area contributed by atoms with Crippen molar-refractivity contribution in [1.29, 1.82) is 0 Å². The number of nitrogens with zero attached hydrogens (tertiary/aromatic N) is 2. The number of carbonyl (C=O) groups is 1. The van der Waals surface area contributed by atoms with Crippen LogP contribution in [0.5, 0.6) is 0 Å². The molecule has 1 aromatic rings. The molecule has 2 rings (SSSR count). The highest BCUT2D eigenvalue weighted by atomic mass is 16.1. The van der Waals surface area contributed by atoms with Gasteiger partial charge in [-0.25, -0.2) is 4.59 Å². The van der Waals surface area contributed by atoms with Crippen molar-refractivity contribution in [3.8, 4) is 0 Å². The molecule has 1 aliphatic rings. The number of benzene rings is 1. The molecule has 0 saturated heterocycles. The number of rotatable bonds is 1. The fraction of sp³-hybridized carbons (Fsp3) is 0.333. The summed E-state index contributed by atoms with van der Waals surface area (Å²) in [5.41, 5.74) is 0.669. The molecule has 84 valence electrons. The van der Waals surface area contributed by atoms with Crippen LogP contribution in [-0.4, -0.2) is 37.0 Å². The average molecular weight is 218 g/mol. The van der Waals surface area contributed by atoms with Gasteiger partial charge >= 0.3 is 0 Å². The molecule has 0 bridgehead atoms. The highest BCUT2D eigenvalue weighted by molar-refractivity contribution is 6.06. The van der Waals surface area contributed by atoms with Gasteiger partial charge in [-0.3, -0.25) is 4.79 Å². The van der Waals surface area contributed by atoms with Gasteiger partial charge in [-0.15, -0.1) is 0 Å². The first-order valence-electron chi connectivity index (χ1n) is 5.35. The summed E-state index contributed by atoms with van der Waals surface area (Å²) >= 11 is 0. The molecular weight excluding hydrogens is 202 g/mol. The molecule has 0 radical (unpaired) electrons. The maximum Gasteiger partial charge on any atom is 0.256 e. The van der Waals surface area contributed by atoms with Gasteiger partial charge in [0.25, 0.3) is 5.91 Å². The van der Waals surface area contributed by atoms with Crippen LogP contribution in [0.25, 0.3) is 0 Å². The van der Waals surface area contributed by atoms with Crippen molar-refractivity contribution >= 4 is 11.7 Å². The Hall–Kier alpha value is -1.68. The van der Waals surface area contributed by atoms with Gasteiger partial charge in [-0.05, 0) is 12.1 Å². The molecule has 0 fully saturated rings. The van der Waals surface area contributed by atoms with Crippen LogP contribution < -0.4 is 5.32 Å². The molecule has 1 aromatic carbocycles. The minimum Gasteiger partial charge on any atom is -0.306 e. The zero-order valence-electron chi connectivity index (χ0n) is 9.60. The number of nitrogens with one attached hydrogen (secondary N) is 1. The largest absolute Gasteiger partial charge is 0.306 e. The van der Waals surface area contributed by atoms with Crippen molar-refractivity contribution in [2.45, 2.75) is 6.42 Å². The molecule has 4 nitrogen and oxygen atoms in total. The van der Waals surface area contributed by atoms with E-state index < -0.39 is 0 Å². The van der Waals surface area contributed by atoms with Crippen molar-refractivity contribution in [2.75, 3.05) is 20.6 Å². The van der Waals surface area contributed by atoms with Crippen LogP contribution in [0.3, 0.4) is 0 Å². The summed E-state index contributed by atoms with van der Waals surface area (Å²) < 4.78 is 0.588. The average Bonchev–Trinajstić information content (AvgIpc) is 2.59. The van der Waals surface area contributed by atoms with Crippen LogP contribution in [0.1, 0.15) is 16.8 Å². The molecule has 16 heavy (non-hydrogen) atoms. The van der Waals surface area contributed by atoms with Gasteiger partial charge in [-0.2, -0.15) is 0 Å². The molecule has 0 aliphatic carbocycles. The van der Waals surface area contributed by atoms with Gasteiger partial charge in [0, 0.05) is 5.56 Å². The van der Waals surface area contributed by atoms with Crippen LogP contribution in [-0.2, 0) is 0 Å². The van der Waals surface area contributed by atoms with E-state index in [0.717, 1.165) is 18.8 Å². The van der Waals surface area contributed by atoms with E-state index >= 15 is 0 Å². The summed E-state index contributed by atoms with van der Waals surface area (Å²) in [6.07, 6.45) is 0.825. The third kappa shape index (κ3) is 2.46. The van der Waals surface area contributed by atoms with Crippen LogP contribution in [0, 0.1) is 0 Å². The highest BCUT2D eigenvalue weighted by Gasteiger charge is 2.25. The third-order valence-corrected chi connectivity index (χ3v) is 2.58. The first-order chi connectivity index (χ1) is 7.57. The second-order valence-electron chi connectivity index (χ2n) is 4.46. The Morgan fingerprint density at radius 1 is 1.31 bits per heavy atom. The van der Waals surface area contributed by atoms with Crippen molar-refractivity contribution < 1.29 is 9.39 Å². The molecule has 0 unspecified atom stereocenters. The van der Waals surface area contributed by atoms with Crippen molar-refractivity contribution in [3.63, 3.8) is 0 Å². The summed E-state index contributed by atoms with van der Waals surface area (Å²) in [5.74, 6) is 0.695. The molecular formula is C12H16N3O+. The monoisotopic (exact) mass is 218 g/mol. The number of carbonyl (C=O) groups excluding carboxylic acids is 1. The fourth-order valence-corrected chi connectivity index (χ4v) is 1.69. The Morgan fingerprint density at radius 3 is 2.56 bits per heavy atom. The van der Waals surface area contributed by atoms with E-state index in [9.17, 15) is 4.79 Å². The number of hydrogen-bond acceptors (Lipinski definition) is 2. The minimum absolute atomic E-state index is 0.0822. The zero-order valence-corrected chi connectivity index (χ0v) is 9.60. The molecule has 1 N–H and O–H groups in total. The van der Waals surface area contributed by atoms with Gasteiger partial charge in [0.2, 0.25) is 0 Å². The molecule has 0 spiro atoms. The van der Waals surface area contributed by atoms with E-state index in [4.69, 9.17) is 0 Å². The number of amidine groups is 1. The number of quaternary nitrogens is 1. The first-order valence-corrected chi connectivity index (χ1v) is 5.35. The predicted octanol–water partition coefficient (Wildman–Crippen LogP) is 1.21. The molecule has 1 heterocycles. The summed E-state index contributed by atoms with van der Waals surface area (Å²) in [6, 6.07) is 9.19. The smallest absolute Gasteiger partial charge is 0.256 e. The summed E-state index contributed by atoms with van der Waals surface area (Å²) in [6.45, 7) is 0.935. The molecule has 0 atom stereocenters. The summed E-state index contributed by atoms with van der Waals surface area (Å²) in [7, 11) is 4.03. The Balaban J connectivity index is 2.05. The Morgan fingerprint density at radius 2 is 2.00 bits per heavy atom. The van der Waals surface area contributed by atoms with E-state index in [1.54, 1.807) is 12.1 Å². The lowest BCUT2D eigenvalue weighted by Crippen LogP contribution is -2.30. The molecule has 1 aliphatic heterocycles. The second-order valence-corrected chi connectivity index (χ2v) is 4.46. The van der Waals surface area contributed by atoms with E-state index in [0.29, 0.717) is 10.2 Å². The lowest BCUT2D eigenvalue weighted by Gasteiger charge is -2.14.